The van der Waals surface area contributed by atoms with Gasteiger partial charge < -0.3 is 38.4 Å². The van der Waals surface area contributed by atoms with Gasteiger partial charge in [-0.3, -0.25) is 14.4 Å². The van der Waals surface area contributed by atoms with Crippen LogP contribution in [0.1, 0.15) is 50.3 Å². The largest absolute Gasteiger partial charge is 0.492 e. The standard InChI is InChI=1S/C36H38N4O7.CH2O2/c1-44-36(43)28-10-4-9-27(24-28)34(41)39-15-2-3-16-40(35(42)30-12-6-13-31-32(30)47-23-22-46-31)20-21-45-29-11-5-8-26(25-29)33-37-14-19-38(33)17-7-18-39;2-1-3/h4-6,8-14,19,24-25H,2-3,7,15-18,20-23H2,1H3;1H,(H,2,3). The van der Waals surface area contributed by atoms with Crippen LogP contribution in [0.2, 0.25) is 0 Å². The second-order valence-electron chi connectivity index (χ2n) is 11.5. The number of methoxy groups -OCH3 is 1. The van der Waals surface area contributed by atoms with Crippen LogP contribution in [0.15, 0.2) is 79.1 Å². The molecule has 2 aliphatic rings. The molecule has 3 aromatic carbocycles. The van der Waals surface area contributed by atoms with E-state index in [1.807, 2.05) is 35.4 Å². The van der Waals surface area contributed by atoms with E-state index in [0.717, 1.165) is 11.4 Å². The number of fused-ring (bicyclic) bond motifs is 5. The SMILES string of the molecule is COC(=O)c1cccc(C(=O)N2CCCCN(C(=O)c3cccc4c3OCCO4)CCOc3cccc(c3)-c3nccn3CCC2)c1.O=CO. The fourth-order valence-electron chi connectivity index (χ4n) is 5.91. The van der Waals surface area contributed by atoms with Crippen molar-refractivity contribution in [1.29, 1.82) is 0 Å². The lowest BCUT2D eigenvalue weighted by Gasteiger charge is -2.27. The van der Waals surface area contributed by atoms with Crippen LogP contribution in [-0.2, 0) is 16.1 Å². The maximum absolute atomic E-state index is 13.9. The Labute approximate surface area is 289 Å². The summed E-state index contributed by atoms with van der Waals surface area (Å²) in [4.78, 5) is 56.5. The third-order valence-corrected chi connectivity index (χ3v) is 8.27. The van der Waals surface area contributed by atoms with E-state index in [9.17, 15) is 14.4 Å². The number of rotatable bonds is 3. The topological polar surface area (TPSA) is 150 Å². The molecule has 0 fully saturated rings. The summed E-state index contributed by atoms with van der Waals surface area (Å²) >= 11 is 0. The highest BCUT2D eigenvalue weighted by Crippen LogP contribution is 2.34. The number of para-hydroxylation sites is 1. The van der Waals surface area contributed by atoms with E-state index in [-0.39, 0.29) is 24.9 Å². The zero-order valence-electron chi connectivity index (χ0n) is 27.9. The zero-order valence-corrected chi connectivity index (χ0v) is 27.9. The second kappa shape index (κ2) is 17.5. The first-order valence-electron chi connectivity index (χ1n) is 16.4. The molecule has 13 nitrogen and oxygen atoms in total. The first kappa shape index (κ1) is 35.5. The third kappa shape index (κ3) is 8.78. The van der Waals surface area contributed by atoms with Gasteiger partial charge in [-0.1, -0.05) is 24.3 Å². The number of carbonyl (C=O) groups excluding carboxylic acids is 3. The average Bonchev–Trinajstić information content (AvgIpc) is 3.62. The number of aromatic nitrogens is 2. The number of nitrogens with zero attached hydrogens (tertiary/aromatic N) is 4. The van der Waals surface area contributed by atoms with Crippen LogP contribution in [0.3, 0.4) is 0 Å². The second-order valence-corrected chi connectivity index (χ2v) is 11.5. The highest BCUT2D eigenvalue weighted by atomic mass is 16.6. The molecule has 4 aromatic rings. The third-order valence-electron chi connectivity index (χ3n) is 8.27. The number of amides is 2. The Morgan fingerprint density at radius 2 is 1.48 bits per heavy atom. The van der Waals surface area contributed by atoms with Gasteiger partial charge in [0.05, 0.1) is 24.8 Å². The maximum Gasteiger partial charge on any atom is 0.337 e. The Morgan fingerprint density at radius 3 is 2.28 bits per heavy atom. The van der Waals surface area contributed by atoms with E-state index < -0.39 is 5.97 Å². The molecule has 262 valence electrons. The van der Waals surface area contributed by atoms with E-state index in [1.165, 1.54) is 7.11 Å². The molecule has 0 radical (unpaired) electrons. The number of aryl methyl sites for hydroxylation is 1. The van der Waals surface area contributed by atoms with Crippen LogP contribution in [0, 0.1) is 0 Å². The molecule has 50 heavy (non-hydrogen) atoms. The Kier molecular flexibility index (Phi) is 12.4. The predicted octanol–water partition coefficient (Wildman–Crippen LogP) is 4.66. The molecular weight excluding hydrogens is 644 g/mol. The molecule has 1 N–H and O–H groups in total. The first-order chi connectivity index (χ1) is 24.4. The Bertz CT molecular complexity index is 1790. The summed E-state index contributed by atoms with van der Waals surface area (Å²) in [5, 5.41) is 6.89. The average molecular weight is 685 g/mol. The minimum Gasteiger partial charge on any atom is -0.492 e. The number of carboxylic acid groups (broad SMARTS) is 1. The molecule has 2 amide bonds. The quantitative estimate of drug-likeness (QED) is 0.239. The van der Waals surface area contributed by atoms with Gasteiger partial charge in [0.25, 0.3) is 18.3 Å². The van der Waals surface area contributed by atoms with Crippen LogP contribution in [-0.4, -0.2) is 102 Å². The molecule has 0 atom stereocenters. The number of benzene rings is 3. The molecule has 0 spiro atoms. The van der Waals surface area contributed by atoms with E-state index >= 15 is 0 Å². The number of hydrogen-bond donors (Lipinski definition) is 1. The smallest absolute Gasteiger partial charge is 0.337 e. The molecule has 0 saturated carbocycles. The summed E-state index contributed by atoms with van der Waals surface area (Å²) in [6.45, 7) is 3.30. The Morgan fingerprint density at radius 1 is 0.780 bits per heavy atom. The molecule has 1 aromatic heterocycles. The van der Waals surface area contributed by atoms with Crippen molar-refractivity contribution in [1.82, 2.24) is 19.4 Å². The van der Waals surface area contributed by atoms with Crippen LogP contribution in [0.5, 0.6) is 17.2 Å². The van der Waals surface area contributed by atoms with Crippen molar-refractivity contribution in [3.05, 3.63) is 95.8 Å². The zero-order chi connectivity index (χ0) is 35.3. The van der Waals surface area contributed by atoms with Gasteiger partial charge in [-0.25, -0.2) is 9.78 Å². The van der Waals surface area contributed by atoms with Crippen molar-refractivity contribution in [2.24, 2.45) is 0 Å². The van der Waals surface area contributed by atoms with Gasteiger partial charge in [-0.15, -0.1) is 0 Å². The number of ether oxygens (including phenoxy) is 4. The van der Waals surface area contributed by atoms with E-state index in [4.69, 9.17) is 28.8 Å². The van der Waals surface area contributed by atoms with E-state index in [1.54, 1.807) is 53.6 Å². The first-order valence-corrected chi connectivity index (χ1v) is 16.4. The van der Waals surface area contributed by atoms with Crippen LogP contribution in [0.4, 0.5) is 0 Å². The van der Waals surface area contributed by atoms with Crippen LogP contribution < -0.4 is 14.2 Å². The highest BCUT2D eigenvalue weighted by Gasteiger charge is 2.25. The van der Waals surface area contributed by atoms with Gasteiger partial charge >= 0.3 is 5.97 Å². The van der Waals surface area contributed by atoms with Crippen molar-refractivity contribution in [3.8, 4) is 28.6 Å². The fraction of sp³-hybridized carbons (Fsp3) is 0.324. The van der Waals surface area contributed by atoms with Crippen molar-refractivity contribution < 1.29 is 43.2 Å². The summed E-state index contributed by atoms with van der Waals surface area (Å²) in [6, 6.07) is 19.7. The van der Waals surface area contributed by atoms with Crippen LogP contribution in [0.25, 0.3) is 11.4 Å². The Hall–Kier alpha value is -5.85. The highest BCUT2D eigenvalue weighted by molar-refractivity contribution is 5.98. The monoisotopic (exact) mass is 684 g/mol. The number of hydrogen-bond acceptors (Lipinski definition) is 9. The normalized spacial score (nSPS) is 14.8. The minimum atomic E-state index is -0.495. The molecule has 6 rings (SSSR count). The van der Waals surface area contributed by atoms with Crippen molar-refractivity contribution in [2.45, 2.75) is 25.8 Å². The van der Waals surface area contributed by atoms with E-state index in [0.29, 0.717) is 99.1 Å². The lowest BCUT2D eigenvalue weighted by molar-refractivity contribution is -0.122. The molecule has 13 heteroatoms. The molecule has 3 heterocycles. The number of esters is 1. The lowest BCUT2D eigenvalue weighted by Crippen LogP contribution is -2.37. The van der Waals surface area contributed by atoms with Gasteiger partial charge in [0, 0.05) is 49.7 Å². The van der Waals surface area contributed by atoms with Crippen LogP contribution >= 0.6 is 0 Å². The van der Waals surface area contributed by atoms with Gasteiger partial charge in [0.2, 0.25) is 0 Å². The number of carbonyl (C=O) groups is 4. The summed E-state index contributed by atoms with van der Waals surface area (Å²) in [5.41, 5.74) is 2.10. The van der Waals surface area contributed by atoms with Crippen molar-refractivity contribution in [3.63, 3.8) is 0 Å². The Balaban J connectivity index is 0.00000156. The van der Waals surface area contributed by atoms with Gasteiger partial charge in [-0.2, -0.15) is 0 Å². The fourth-order valence-corrected chi connectivity index (χ4v) is 5.91. The summed E-state index contributed by atoms with van der Waals surface area (Å²) in [5.74, 6) is 1.68. The molecular formula is C37H40N4O9. The minimum absolute atomic E-state index is 0.165. The van der Waals surface area contributed by atoms with Gasteiger partial charge in [0.15, 0.2) is 11.5 Å². The summed E-state index contributed by atoms with van der Waals surface area (Å²) in [6.07, 6.45) is 5.71. The maximum atomic E-state index is 13.9. The lowest BCUT2D eigenvalue weighted by atomic mass is 10.1. The molecule has 0 unspecified atom stereocenters. The summed E-state index contributed by atoms with van der Waals surface area (Å²) < 4.78 is 24.7. The van der Waals surface area contributed by atoms with Gasteiger partial charge in [-0.05, 0) is 61.7 Å². The number of imidazole rings is 1. The molecule has 0 saturated heterocycles. The van der Waals surface area contributed by atoms with E-state index in [2.05, 4.69) is 9.55 Å². The van der Waals surface area contributed by atoms with Crippen molar-refractivity contribution in [2.75, 3.05) is 53.1 Å². The predicted molar refractivity (Wildman–Crippen MR) is 183 cm³/mol. The van der Waals surface area contributed by atoms with Gasteiger partial charge in [0.1, 0.15) is 31.4 Å². The molecule has 2 bridgehead atoms. The molecule has 0 aliphatic carbocycles. The molecule has 2 aliphatic heterocycles. The van der Waals surface area contributed by atoms with Crippen molar-refractivity contribution >= 4 is 24.3 Å². The summed E-state index contributed by atoms with van der Waals surface area (Å²) in [7, 11) is 1.32.